The second-order valence-electron chi connectivity index (χ2n) is 3.54. The standard InChI is InChI=1S/C9H13N3O5/c1-6(3-4-17-2)11-5-7(12(15)16)8(10-11)9(13)14/h5-6H,3-4H2,1-2H3,(H,13,14). The first-order chi connectivity index (χ1) is 7.97. The van der Waals surface area contributed by atoms with Gasteiger partial charge in [0.05, 0.1) is 11.0 Å². The third-order valence-electron chi connectivity index (χ3n) is 2.30. The summed E-state index contributed by atoms with van der Waals surface area (Å²) in [4.78, 5) is 20.7. The van der Waals surface area contributed by atoms with Gasteiger partial charge in [-0.2, -0.15) is 5.10 Å². The number of hydrogen-bond donors (Lipinski definition) is 1. The molecule has 0 saturated heterocycles. The highest BCUT2D eigenvalue weighted by Gasteiger charge is 2.26. The van der Waals surface area contributed by atoms with E-state index in [0.29, 0.717) is 13.0 Å². The molecule has 0 saturated carbocycles. The van der Waals surface area contributed by atoms with Gasteiger partial charge in [-0.1, -0.05) is 0 Å². The van der Waals surface area contributed by atoms with Crippen LogP contribution < -0.4 is 0 Å². The van der Waals surface area contributed by atoms with Crippen molar-refractivity contribution in [3.8, 4) is 0 Å². The van der Waals surface area contributed by atoms with Crippen LogP contribution in [0, 0.1) is 10.1 Å². The number of nitro groups is 1. The molecule has 1 atom stereocenters. The number of methoxy groups -OCH3 is 1. The summed E-state index contributed by atoms with van der Waals surface area (Å²) < 4.78 is 6.15. The SMILES string of the molecule is COCCC(C)n1cc([N+](=O)[O-])c(C(=O)O)n1. The van der Waals surface area contributed by atoms with Crippen molar-refractivity contribution in [1.82, 2.24) is 9.78 Å². The van der Waals surface area contributed by atoms with Gasteiger partial charge < -0.3 is 9.84 Å². The lowest BCUT2D eigenvalue weighted by Gasteiger charge is -2.10. The number of carboxylic acid groups (broad SMARTS) is 1. The number of aromatic carboxylic acids is 1. The Morgan fingerprint density at radius 3 is 2.82 bits per heavy atom. The number of nitrogens with zero attached hydrogens (tertiary/aromatic N) is 3. The summed E-state index contributed by atoms with van der Waals surface area (Å²) in [6, 6.07) is -0.165. The van der Waals surface area contributed by atoms with Gasteiger partial charge in [0.1, 0.15) is 6.20 Å². The Kier molecular flexibility index (Phi) is 4.16. The van der Waals surface area contributed by atoms with Crippen LogP contribution >= 0.6 is 0 Å². The lowest BCUT2D eigenvalue weighted by atomic mass is 10.2. The maximum Gasteiger partial charge on any atom is 0.363 e. The first kappa shape index (κ1) is 13.1. The molecule has 0 aliphatic heterocycles. The van der Waals surface area contributed by atoms with Crippen molar-refractivity contribution in [2.24, 2.45) is 0 Å². The second kappa shape index (κ2) is 5.39. The zero-order valence-electron chi connectivity index (χ0n) is 9.49. The fraction of sp³-hybridized carbons (Fsp3) is 0.556. The molecule has 1 unspecified atom stereocenters. The molecule has 1 N–H and O–H groups in total. The second-order valence-corrected chi connectivity index (χ2v) is 3.54. The minimum atomic E-state index is -1.41. The Hall–Kier alpha value is -1.96. The quantitative estimate of drug-likeness (QED) is 0.591. The van der Waals surface area contributed by atoms with E-state index >= 15 is 0 Å². The van der Waals surface area contributed by atoms with Crippen molar-refractivity contribution in [3.63, 3.8) is 0 Å². The molecule has 0 radical (unpaired) electrons. The van der Waals surface area contributed by atoms with Gasteiger partial charge in [0, 0.05) is 13.7 Å². The van der Waals surface area contributed by atoms with Crippen LogP contribution in [0.2, 0.25) is 0 Å². The molecular formula is C9H13N3O5. The summed E-state index contributed by atoms with van der Waals surface area (Å²) in [7, 11) is 1.54. The molecule has 0 spiro atoms. The van der Waals surface area contributed by atoms with E-state index in [-0.39, 0.29) is 6.04 Å². The number of rotatable bonds is 6. The highest BCUT2D eigenvalue weighted by molar-refractivity contribution is 5.89. The van der Waals surface area contributed by atoms with Crippen molar-refractivity contribution >= 4 is 11.7 Å². The van der Waals surface area contributed by atoms with Gasteiger partial charge in [0.25, 0.3) is 0 Å². The number of hydrogen-bond acceptors (Lipinski definition) is 5. The van der Waals surface area contributed by atoms with Crippen LogP contribution in [-0.4, -0.2) is 39.5 Å². The van der Waals surface area contributed by atoms with Crippen LogP contribution in [0.1, 0.15) is 29.9 Å². The van der Waals surface area contributed by atoms with Crippen molar-refractivity contribution in [1.29, 1.82) is 0 Å². The van der Waals surface area contributed by atoms with E-state index in [9.17, 15) is 14.9 Å². The average molecular weight is 243 g/mol. The molecular weight excluding hydrogens is 230 g/mol. The van der Waals surface area contributed by atoms with E-state index in [1.807, 2.05) is 0 Å². The number of carbonyl (C=O) groups is 1. The summed E-state index contributed by atoms with van der Waals surface area (Å²) in [5.41, 5.74) is -1.04. The monoisotopic (exact) mass is 243 g/mol. The maximum atomic E-state index is 10.8. The first-order valence-electron chi connectivity index (χ1n) is 4.93. The predicted octanol–water partition coefficient (Wildman–Crippen LogP) is 1.09. The van der Waals surface area contributed by atoms with Gasteiger partial charge in [-0.3, -0.25) is 14.8 Å². The van der Waals surface area contributed by atoms with E-state index in [4.69, 9.17) is 9.84 Å². The maximum absolute atomic E-state index is 10.8. The summed E-state index contributed by atoms with van der Waals surface area (Å²) >= 11 is 0. The Balaban J connectivity index is 2.99. The molecule has 0 amide bonds. The molecule has 1 rings (SSSR count). The first-order valence-corrected chi connectivity index (χ1v) is 4.93. The molecule has 8 nitrogen and oxygen atoms in total. The normalized spacial score (nSPS) is 12.4. The van der Waals surface area contributed by atoms with Gasteiger partial charge in [-0.25, -0.2) is 4.79 Å². The van der Waals surface area contributed by atoms with Gasteiger partial charge in [-0.05, 0) is 13.3 Å². The van der Waals surface area contributed by atoms with E-state index in [0.717, 1.165) is 6.20 Å². The van der Waals surface area contributed by atoms with Crippen molar-refractivity contribution < 1.29 is 19.6 Å². The molecule has 0 fully saturated rings. The van der Waals surface area contributed by atoms with Crippen LogP contribution in [0.5, 0.6) is 0 Å². The van der Waals surface area contributed by atoms with Gasteiger partial charge in [0.2, 0.25) is 5.69 Å². The average Bonchev–Trinajstić information content (AvgIpc) is 2.70. The number of carboxylic acids is 1. The molecule has 1 aromatic heterocycles. The molecule has 0 bridgehead atoms. The van der Waals surface area contributed by atoms with Gasteiger partial charge >= 0.3 is 11.7 Å². The molecule has 1 aromatic rings. The minimum absolute atomic E-state index is 0.165. The van der Waals surface area contributed by atoms with Gasteiger partial charge in [0.15, 0.2) is 0 Å². The van der Waals surface area contributed by atoms with E-state index < -0.39 is 22.3 Å². The van der Waals surface area contributed by atoms with Crippen LogP contribution in [0.4, 0.5) is 5.69 Å². The van der Waals surface area contributed by atoms with Crippen molar-refractivity contribution in [3.05, 3.63) is 22.0 Å². The highest BCUT2D eigenvalue weighted by Crippen LogP contribution is 2.20. The Morgan fingerprint density at radius 2 is 2.41 bits per heavy atom. The molecule has 0 aliphatic carbocycles. The fourth-order valence-electron chi connectivity index (χ4n) is 1.31. The molecule has 94 valence electrons. The molecule has 8 heteroatoms. The topological polar surface area (TPSA) is 107 Å². The molecule has 17 heavy (non-hydrogen) atoms. The number of aromatic nitrogens is 2. The van der Waals surface area contributed by atoms with Crippen molar-refractivity contribution in [2.45, 2.75) is 19.4 Å². The third-order valence-corrected chi connectivity index (χ3v) is 2.30. The fourth-order valence-corrected chi connectivity index (χ4v) is 1.31. The third kappa shape index (κ3) is 3.00. The highest BCUT2D eigenvalue weighted by atomic mass is 16.6. The lowest BCUT2D eigenvalue weighted by Crippen LogP contribution is -2.09. The zero-order chi connectivity index (χ0) is 13.0. The summed E-state index contributed by atoms with van der Waals surface area (Å²) in [6.45, 7) is 2.25. The predicted molar refractivity (Wildman–Crippen MR) is 57.0 cm³/mol. The Labute approximate surface area is 97.0 Å². The number of ether oxygens (including phenoxy) is 1. The van der Waals surface area contributed by atoms with Crippen LogP contribution in [0.3, 0.4) is 0 Å². The minimum Gasteiger partial charge on any atom is -0.476 e. The van der Waals surface area contributed by atoms with E-state index in [1.165, 1.54) is 4.68 Å². The van der Waals surface area contributed by atoms with Crippen LogP contribution in [0.15, 0.2) is 6.20 Å². The van der Waals surface area contributed by atoms with Crippen molar-refractivity contribution in [2.75, 3.05) is 13.7 Å². The lowest BCUT2D eigenvalue weighted by molar-refractivity contribution is -0.385. The largest absolute Gasteiger partial charge is 0.476 e. The zero-order valence-corrected chi connectivity index (χ0v) is 9.49. The van der Waals surface area contributed by atoms with Gasteiger partial charge in [-0.15, -0.1) is 0 Å². The Bertz CT molecular complexity index is 397. The van der Waals surface area contributed by atoms with Crippen LogP contribution in [-0.2, 0) is 4.74 Å². The molecule has 0 aliphatic rings. The Morgan fingerprint density at radius 1 is 1.76 bits per heavy atom. The van der Waals surface area contributed by atoms with Crippen LogP contribution in [0.25, 0.3) is 0 Å². The van der Waals surface area contributed by atoms with E-state index in [1.54, 1.807) is 14.0 Å². The van der Waals surface area contributed by atoms with E-state index in [2.05, 4.69) is 5.10 Å². The summed E-state index contributed by atoms with van der Waals surface area (Å²) in [5, 5.41) is 23.1. The molecule has 1 heterocycles. The summed E-state index contributed by atoms with van der Waals surface area (Å²) in [6.07, 6.45) is 1.72. The summed E-state index contributed by atoms with van der Waals surface area (Å²) in [5.74, 6) is -1.41. The molecule has 0 aromatic carbocycles. The smallest absolute Gasteiger partial charge is 0.363 e.